The molecule has 1 saturated carbocycles. The van der Waals surface area contributed by atoms with Crippen molar-refractivity contribution in [3.8, 4) is 0 Å². The first-order valence-corrected chi connectivity index (χ1v) is 4.88. The maximum Gasteiger partial charge on any atom is 0.294 e. The molecule has 1 fully saturated rings. The molecule has 0 amide bonds. The van der Waals surface area contributed by atoms with Crippen molar-refractivity contribution in [2.24, 2.45) is 5.92 Å². The van der Waals surface area contributed by atoms with Gasteiger partial charge < -0.3 is 4.84 Å². The minimum Gasteiger partial charge on any atom is -0.314 e. The molecule has 1 atom stereocenters. The SMILES string of the molecule is O=[N+]([O-])OCCCCC1C[CH]CC1. The molecule has 1 aliphatic rings. The van der Waals surface area contributed by atoms with E-state index >= 15 is 0 Å². The first-order chi connectivity index (χ1) is 6.29. The lowest BCUT2D eigenvalue weighted by Crippen LogP contribution is -2.02. The fraction of sp³-hybridized carbons (Fsp3) is 0.889. The second kappa shape index (κ2) is 5.78. The van der Waals surface area contributed by atoms with Crippen molar-refractivity contribution in [2.75, 3.05) is 6.61 Å². The normalized spacial score (nSPS) is 17.5. The van der Waals surface area contributed by atoms with Gasteiger partial charge in [0.2, 0.25) is 0 Å². The van der Waals surface area contributed by atoms with Crippen LogP contribution in [0.3, 0.4) is 0 Å². The third-order valence-corrected chi connectivity index (χ3v) is 2.48. The number of nitrogens with zero attached hydrogens (tertiary/aromatic N) is 1. The van der Waals surface area contributed by atoms with Crippen molar-refractivity contribution in [3.05, 3.63) is 16.5 Å². The summed E-state index contributed by atoms with van der Waals surface area (Å²) in [5, 5.41) is 9.08. The molecular weight excluding hydrogens is 170 g/mol. The molecule has 1 aliphatic carbocycles. The van der Waals surface area contributed by atoms with Gasteiger partial charge in [0.15, 0.2) is 0 Å². The molecule has 4 heteroatoms. The molecule has 0 aromatic rings. The number of rotatable bonds is 6. The van der Waals surface area contributed by atoms with Crippen LogP contribution in [0.25, 0.3) is 0 Å². The summed E-state index contributed by atoms with van der Waals surface area (Å²) in [4.78, 5) is 14.0. The van der Waals surface area contributed by atoms with Gasteiger partial charge in [0.25, 0.3) is 5.09 Å². The van der Waals surface area contributed by atoms with Crippen molar-refractivity contribution in [3.63, 3.8) is 0 Å². The minimum atomic E-state index is -0.719. The largest absolute Gasteiger partial charge is 0.314 e. The predicted octanol–water partition coefficient (Wildman–Crippen LogP) is 2.37. The Morgan fingerprint density at radius 3 is 3.00 bits per heavy atom. The lowest BCUT2D eigenvalue weighted by molar-refractivity contribution is -0.757. The van der Waals surface area contributed by atoms with Crippen LogP contribution in [0.4, 0.5) is 0 Å². The van der Waals surface area contributed by atoms with Gasteiger partial charge in [0, 0.05) is 0 Å². The third-order valence-electron chi connectivity index (χ3n) is 2.48. The van der Waals surface area contributed by atoms with Crippen molar-refractivity contribution in [2.45, 2.75) is 38.5 Å². The summed E-state index contributed by atoms with van der Waals surface area (Å²) in [5.41, 5.74) is 0. The highest BCUT2D eigenvalue weighted by atomic mass is 16.9. The minimum absolute atomic E-state index is 0.253. The van der Waals surface area contributed by atoms with Gasteiger partial charge in [-0.3, -0.25) is 0 Å². The Morgan fingerprint density at radius 1 is 1.54 bits per heavy atom. The molecule has 1 rings (SSSR count). The van der Waals surface area contributed by atoms with Gasteiger partial charge in [-0.05, 0) is 31.6 Å². The summed E-state index contributed by atoms with van der Waals surface area (Å²) >= 11 is 0. The van der Waals surface area contributed by atoms with Crippen LogP contribution in [0.1, 0.15) is 38.5 Å². The van der Waals surface area contributed by atoms with E-state index in [9.17, 15) is 10.1 Å². The van der Waals surface area contributed by atoms with Crippen molar-refractivity contribution < 1.29 is 9.92 Å². The second-order valence-corrected chi connectivity index (χ2v) is 3.52. The first-order valence-electron chi connectivity index (χ1n) is 4.88. The molecule has 0 spiro atoms. The zero-order chi connectivity index (χ0) is 9.52. The van der Waals surface area contributed by atoms with E-state index in [-0.39, 0.29) is 6.61 Å². The van der Waals surface area contributed by atoms with Crippen molar-refractivity contribution in [1.82, 2.24) is 0 Å². The monoisotopic (exact) mass is 186 g/mol. The Hall–Kier alpha value is -0.800. The lowest BCUT2D eigenvalue weighted by Gasteiger charge is -2.06. The number of hydrogen-bond donors (Lipinski definition) is 0. The van der Waals surface area contributed by atoms with Crippen LogP contribution < -0.4 is 0 Å². The van der Waals surface area contributed by atoms with Crippen molar-refractivity contribution >= 4 is 0 Å². The molecule has 1 radical (unpaired) electrons. The first kappa shape index (κ1) is 10.3. The van der Waals surface area contributed by atoms with Crippen LogP contribution in [0.15, 0.2) is 0 Å². The summed E-state index contributed by atoms with van der Waals surface area (Å²) in [7, 11) is 0. The quantitative estimate of drug-likeness (QED) is 0.363. The summed E-state index contributed by atoms with van der Waals surface area (Å²) in [6, 6.07) is 0. The van der Waals surface area contributed by atoms with Gasteiger partial charge in [0.05, 0.1) is 6.61 Å². The predicted molar refractivity (Wildman–Crippen MR) is 48.4 cm³/mol. The van der Waals surface area contributed by atoms with E-state index in [1.807, 2.05) is 0 Å². The van der Waals surface area contributed by atoms with Gasteiger partial charge in [-0.25, -0.2) is 0 Å². The van der Waals surface area contributed by atoms with E-state index in [1.165, 1.54) is 25.7 Å². The van der Waals surface area contributed by atoms with E-state index in [0.29, 0.717) is 0 Å². The molecule has 0 N–H and O–H groups in total. The van der Waals surface area contributed by atoms with Crippen LogP contribution in [0.5, 0.6) is 0 Å². The molecule has 0 aliphatic heterocycles. The van der Waals surface area contributed by atoms with Crippen LogP contribution >= 0.6 is 0 Å². The molecule has 13 heavy (non-hydrogen) atoms. The molecule has 0 heterocycles. The number of unbranched alkanes of at least 4 members (excludes halogenated alkanes) is 1. The molecule has 0 bridgehead atoms. The highest BCUT2D eigenvalue weighted by Crippen LogP contribution is 2.27. The summed E-state index contributed by atoms with van der Waals surface area (Å²) in [6.45, 7) is 0.253. The van der Waals surface area contributed by atoms with Gasteiger partial charge in [-0.15, -0.1) is 10.1 Å². The van der Waals surface area contributed by atoms with Crippen LogP contribution in [0.2, 0.25) is 0 Å². The van der Waals surface area contributed by atoms with E-state index in [0.717, 1.165) is 18.8 Å². The fourth-order valence-electron chi connectivity index (χ4n) is 1.76. The Labute approximate surface area is 78.4 Å². The van der Waals surface area contributed by atoms with Crippen LogP contribution in [-0.4, -0.2) is 11.7 Å². The highest BCUT2D eigenvalue weighted by molar-refractivity contribution is 4.80. The van der Waals surface area contributed by atoms with E-state index < -0.39 is 5.09 Å². The number of hydrogen-bond acceptors (Lipinski definition) is 3. The topological polar surface area (TPSA) is 52.4 Å². The fourth-order valence-corrected chi connectivity index (χ4v) is 1.76. The lowest BCUT2D eigenvalue weighted by atomic mass is 10.0. The highest BCUT2D eigenvalue weighted by Gasteiger charge is 2.14. The Bertz CT molecular complexity index is 155. The van der Waals surface area contributed by atoms with Gasteiger partial charge in [0.1, 0.15) is 0 Å². The smallest absolute Gasteiger partial charge is 0.294 e. The average molecular weight is 186 g/mol. The standard InChI is InChI=1S/C9H16NO3/c11-10(12)13-8-4-3-7-9-5-1-2-6-9/h1,9H,2-8H2. The summed E-state index contributed by atoms with van der Waals surface area (Å²) < 4.78 is 0. The Balaban J connectivity index is 1.86. The summed E-state index contributed by atoms with van der Waals surface area (Å²) in [5.74, 6) is 0.829. The zero-order valence-corrected chi connectivity index (χ0v) is 7.78. The Kier molecular flexibility index (Phi) is 4.57. The maximum absolute atomic E-state index is 9.80. The summed E-state index contributed by atoms with van der Waals surface area (Å²) in [6.07, 6.45) is 9.15. The third kappa shape index (κ3) is 4.70. The molecule has 1 unspecified atom stereocenters. The van der Waals surface area contributed by atoms with E-state index in [1.54, 1.807) is 0 Å². The van der Waals surface area contributed by atoms with Crippen LogP contribution in [-0.2, 0) is 4.84 Å². The van der Waals surface area contributed by atoms with E-state index in [4.69, 9.17) is 0 Å². The average Bonchev–Trinajstić information content (AvgIpc) is 2.55. The van der Waals surface area contributed by atoms with E-state index in [2.05, 4.69) is 11.3 Å². The molecule has 0 aromatic carbocycles. The second-order valence-electron chi connectivity index (χ2n) is 3.52. The zero-order valence-electron chi connectivity index (χ0n) is 7.78. The molecular formula is C9H16NO3. The molecule has 4 nitrogen and oxygen atoms in total. The van der Waals surface area contributed by atoms with Gasteiger partial charge >= 0.3 is 0 Å². The molecule has 75 valence electrons. The maximum atomic E-state index is 9.80. The van der Waals surface area contributed by atoms with Gasteiger partial charge in [-0.1, -0.05) is 19.3 Å². The molecule has 0 aromatic heterocycles. The van der Waals surface area contributed by atoms with Crippen LogP contribution in [0, 0.1) is 22.5 Å². The van der Waals surface area contributed by atoms with Gasteiger partial charge in [-0.2, -0.15) is 0 Å². The Morgan fingerprint density at radius 2 is 2.38 bits per heavy atom. The van der Waals surface area contributed by atoms with Crippen molar-refractivity contribution in [1.29, 1.82) is 0 Å². The molecule has 0 saturated heterocycles.